The van der Waals surface area contributed by atoms with Gasteiger partial charge in [0, 0.05) is 0 Å². The molecular weight excluding hydrogens is 275 g/mol. The second-order valence-corrected chi connectivity index (χ2v) is 4.93. The first kappa shape index (κ1) is 20.8. The van der Waals surface area contributed by atoms with Gasteiger partial charge in [0.05, 0.1) is 19.8 Å². The van der Waals surface area contributed by atoms with Gasteiger partial charge in [0.25, 0.3) is 0 Å². The number of hydrogen-bond donors (Lipinski definition) is 2. The minimum atomic E-state index is -1.87. The van der Waals surface area contributed by atoms with E-state index in [1.54, 1.807) is 0 Å². The molecule has 0 fully saturated rings. The van der Waals surface area contributed by atoms with E-state index in [0.717, 1.165) is 38.5 Å². The van der Waals surface area contributed by atoms with Crippen LogP contribution >= 0.6 is 0 Å². The van der Waals surface area contributed by atoms with Crippen LogP contribution in [0.25, 0.3) is 0 Å². The second-order valence-electron chi connectivity index (χ2n) is 4.93. The van der Waals surface area contributed by atoms with Crippen LogP contribution in [-0.2, 0) is 18.9 Å². The highest BCUT2D eigenvalue weighted by atomic mass is 16.9. The van der Waals surface area contributed by atoms with E-state index in [0.29, 0.717) is 19.8 Å². The Labute approximate surface area is 128 Å². The molecule has 21 heavy (non-hydrogen) atoms. The molecule has 0 saturated heterocycles. The van der Waals surface area contributed by atoms with E-state index in [2.05, 4.69) is 20.8 Å². The first-order valence-electron chi connectivity index (χ1n) is 7.99. The molecule has 126 valence electrons. The van der Waals surface area contributed by atoms with Gasteiger partial charge in [0.15, 0.2) is 0 Å². The van der Waals surface area contributed by atoms with Crippen LogP contribution in [0.15, 0.2) is 0 Å². The largest absolute Gasteiger partial charge is 0.634 e. The summed E-state index contributed by atoms with van der Waals surface area (Å²) in [7, 11) is -1.87. The molecule has 0 rings (SSSR count). The van der Waals surface area contributed by atoms with E-state index in [9.17, 15) is 0 Å². The minimum Gasteiger partial charge on any atom is -0.402 e. The molecule has 0 aliphatic carbocycles. The average molecular weight is 306 g/mol. The molecule has 0 bridgehead atoms. The molecule has 0 radical (unpaired) electrons. The molecule has 0 atom stereocenters. The van der Waals surface area contributed by atoms with Crippen LogP contribution < -0.4 is 0 Å². The van der Waals surface area contributed by atoms with Crippen LogP contribution in [0.2, 0.25) is 0 Å². The van der Waals surface area contributed by atoms with Crippen molar-refractivity contribution < 1.29 is 28.9 Å². The Balaban J connectivity index is 4.60. The van der Waals surface area contributed by atoms with Gasteiger partial charge in [-0.15, -0.1) is 0 Å². The van der Waals surface area contributed by atoms with Crippen molar-refractivity contribution in [3.63, 3.8) is 0 Å². The normalized spacial score (nSPS) is 11.9. The van der Waals surface area contributed by atoms with Crippen LogP contribution in [0.5, 0.6) is 0 Å². The summed E-state index contributed by atoms with van der Waals surface area (Å²) in [5.74, 6) is -1.36. The summed E-state index contributed by atoms with van der Waals surface area (Å²) < 4.78 is 22.0. The van der Waals surface area contributed by atoms with Crippen LogP contribution in [0.1, 0.15) is 59.3 Å². The summed E-state index contributed by atoms with van der Waals surface area (Å²) in [6.07, 6.45) is 5.59. The zero-order valence-corrected chi connectivity index (χ0v) is 13.7. The topological polar surface area (TPSA) is 77.4 Å². The second kappa shape index (κ2) is 13.5. The Morgan fingerprint density at radius 1 is 0.762 bits per heavy atom. The maximum Gasteiger partial charge on any atom is 0.634 e. The summed E-state index contributed by atoms with van der Waals surface area (Å²) >= 11 is 0. The molecular formula is C14H31BO6. The predicted octanol–water partition coefficient (Wildman–Crippen LogP) is 2.08. The van der Waals surface area contributed by atoms with Gasteiger partial charge in [0.2, 0.25) is 0 Å². The van der Waals surface area contributed by atoms with Crippen LogP contribution in [0.3, 0.4) is 0 Å². The highest BCUT2D eigenvalue weighted by molar-refractivity contribution is 6.32. The standard InChI is InChI=1S/C14H31BO6/c1-4-7-10-18-14(13-21-15(16)17,19-11-8-5-2)20-12-9-6-3/h16-17H,4-13H2,1-3H3. The smallest absolute Gasteiger partial charge is 0.402 e. The van der Waals surface area contributed by atoms with Crippen molar-refractivity contribution >= 4 is 7.32 Å². The van der Waals surface area contributed by atoms with E-state index >= 15 is 0 Å². The summed E-state index contributed by atoms with van der Waals surface area (Å²) in [6, 6.07) is 0. The number of unbranched alkanes of at least 4 members (excludes halogenated alkanes) is 3. The Hall–Kier alpha value is -0.175. The zero-order chi connectivity index (χ0) is 16.0. The van der Waals surface area contributed by atoms with E-state index in [1.165, 1.54) is 0 Å². The molecule has 0 aromatic carbocycles. The van der Waals surface area contributed by atoms with Gasteiger partial charge in [-0.05, 0) is 19.3 Å². The lowest BCUT2D eigenvalue weighted by Crippen LogP contribution is -2.46. The lowest BCUT2D eigenvalue weighted by atomic mass is 10.2. The summed E-state index contributed by atoms with van der Waals surface area (Å²) in [4.78, 5) is 0. The van der Waals surface area contributed by atoms with Crippen LogP contribution in [0, 0.1) is 0 Å². The van der Waals surface area contributed by atoms with Crippen molar-refractivity contribution in [3.8, 4) is 0 Å². The minimum absolute atomic E-state index is 0.179. The fourth-order valence-corrected chi connectivity index (χ4v) is 1.54. The molecule has 7 heteroatoms. The lowest BCUT2D eigenvalue weighted by molar-refractivity contribution is -0.390. The van der Waals surface area contributed by atoms with Crippen LogP contribution in [0.4, 0.5) is 0 Å². The molecule has 0 spiro atoms. The molecule has 0 amide bonds. The van der Waals surface area contributed by atoms with Crippen molar-refractivity contribution in [1.29, 1.82) is 0 Å². The van der Waals surface area contributed by atoms with E-state index in [1.807, 2.05) is 0 Å². The van der Waals surface area contributed by atoms with Gasteiger partial charge >= 0.3 is 13.3 Å². The third-order valence-electron chi connectivity index (χ3n) is 2.87. The van der Waals surface area contributed by atoms with Gasteiger partial charge in [0.1, 0.15) is 6.61 Å². The zero-order valence-electron chi connectivity index (χ0n) is 13.7. The van der Waals surface area contributed by atoms with Gasteiger partial charge in [-0.3, -0.25) is 0 Å². The molecule has 6 nitrogen and oxygen atoms in total. The maximum absolute atomic E-state index is 8.90. The maximum atomic E-state index is 8.90. The van der Waals surface area contributed by atoms with Gasteiger partial charge < -0.3 is 28.9 Å². The Morgan fingerprint density at radius 2 is 1.14 bits per heavy atom. The summed E-state index contributed by atoms with van der Waals surface area (Å²) in [5, 5.41) is 17.8. The molecule has 0 aromatic rings. The average Bonchev–Trinajstić information content (AvgIpc) is 2.46. The quantitative estimate of drug-likeness (QED) is 0.274. The van der Waals surface area contributed by atoms with Gasteiger partial charge in [-0.1, -0.05) is 40.0 Å². The number of ether oxygens (including phenoxy) is 3. The van der Waals surface area contributed by atoms with E-state index in [4.69, 9.17) is 28.9 Å². The van der Waals surface area contributed by atoms with E-state index in [-0.39, 0.29) is 6.61 Å². The summed E-state index contributed by atoms with van der Waals surface area (Å²) in [6.45, 7) is 7.43. The van der Waals surface area contributed by atoms with E-state index < -0.39 is 13.3 Å². The molecule has 0 unspecified atom stereocenters. The van der Waals surface area contributed by atoms with Crippen LogP contribution in [-0.4, -0.2) is 49.8 Å². The Morgan fingerprint density at radius 3 is 1.43 bits per heavy atom. The fourth-order valence-electron chi connectivity index (χ4n) is 1.54. The third-order valence-corrected chi connectivity index (χ3v) is 2.87. The molecule has 0 aromatic heterocycles. The Bertz CT molecular complexity index is 201. The first-order chi connectivity index (χ1) is 10.1. The predicted molar refractivity (Wildman–Crippen MR) is 81.5 cm³/mol. The Kier molecular flexibility index (Phi) is 13.4. The fraction of sp³-hybridized carbons (Fsp3) is 1.00. The lowest BCUT2D eigenvalue weighted by Gasteiger charge is -2.33. The van der Waals surface area contributed by atoms with Crippen molar-refractivity contribution in [1.82, 2.24) is 0 Å². The van der Waals surface area contributed by atoms with Crippen molar-refractivity contribution in [2.75, 3.05) is 26.4 Å². The number of rotatable bonds is 15. The number of hydrogen-bond acceptors (Lipinski definition) is 6. The highest BCUT2D eigenvalue weighted by Crippen LogP contribution is 2.19. The molecule has 0 heterocycles. The van der Waals surface area contributed by atoms with Crippen molar-refractivity contribution in [2.45, 2.75) is 65.3 Å². The molecule has 2 N–H and O–H groups in total. The first-order valence-corrected chi connectivity index (χ1v) is 7.99. The van der Waals surface area contributed by atoms with Gasteiger partial charge in [-0.2, -0.15) is 0 Å². The highest BCUT2D eigenvalue weighted by Gasteiger charge is 2.35. The van der Waals surface area contributed by atoms with Gasteiger partial charge in [-0.25, -0.2) is 0 Å². The van der Waals surface area contributed by atoms with Crippen molar-refractivity contribution in [2.24, 2.45) is 0 Å². The molecule has 0 aliphatic heterocycles. The summed E-state index contributed by atoms with van der Waals surface area (Å²) in [5.41, 5.74) is 0. The van der Waals surface area contributed by atoms with Crippen molar-refractivity contribution in [3.05, 3.63) is 0 Å². The molecule has 0 saturated carbocycles. The SMILES string of the molecule is CCCCOC(COB(O)O)(OCCCC)OCCCC. The third kappa shape index (κ3) is 11.1. The monoisotopic (exact) mass is 306 g/mol. The molecule has 0 aliphatic rings.